The number of hydrogen-bond acceptors (Lipinski definition) is 7. The number of aromatic hydroxyl groups is 1. The summed E-state index contributed by atoms with van der Waals surface area (Å²) in [6.07, 6.45) is 7.76. The van der Waals surface area contributed by atoms with E-state index in [0.29, 0.717) is 29.7 Å². The van der Waals surface area contributed by atoms with E-state index >= 15 is 4.39 Å². The number of carbonyl (C=O) groups excluding carboxylic acids is 2. The Hall–Kier alpha value is -4.73. The Morgan fingerprint density at radius 1 is 0.821 bits per heavy atom. The number of imide groups is 1. The van der Waals surface area contributed by atoms with Gasteiger partial charge in [0, 0.05) is 43.3 Å². The lowest BCUT2D eigenvalue weighted by atomic mass is 9.69. The normalized spacial score (nSPS) is 25.6. The van der Waals surface area contributed by atoms with E-state index in [1.54, 1.807) is 0 Å². The Bertz CT molecular complexity index is 2040. The van der Waals surface area contributed by atoms with Crippen molar-refractivity contribution in [2.24, 2.45) is 5.92 Å². The Morgan fingerprint density at radius 3 is 2.34 bits per heavy atom. The van der Waals surface area contributed by atoms with Crippen LogP contribution in [0.25, 0.3) is 0 Å². The van der Waals surface area contributed by atoms with E-state index < -0.39 is 6.04 Å². The molecule has 1 spiro atoms. The number of carbonyl (C=O) groups is 2. The first-order chi connectivity index (χ1) is 27.3. The lowest BCUT2D eigenvalue weighted by Gasteiger charge is -2.40. The summed E-state index contributed by atoms with van der Waals surface area (Å²) in [5.41, 5.74) is 7.85. The molecular formula is C47H53FN4O4. The van der Waals surface area contributed by atoms with Crippen LogP contribution in [0.5, 0.6) is 5.75 Å². The summed E-state index contributed by atoms with van der Waals surface area (Å²) in [7, 11) is 0. The first-order valence-electron chi connectivity index (χ1n) is 20.8. The maximum Gasteiger partial charge on any atom is 0.249 e. The zero-order chi connectivity index (χ0) is 38.2. The van der Waals surface area contributed by atoms with Gasteiger partial charge >= 0.3 is 0 Å². The maximum absolute atomic E-state index is 15.3. The molecule has 5 aliphatic rings. The van der Waals surface area contributed by atoms with Crippen LogP contribution in [0.15, 0.2) is 91.0 Å². The van der Waals surface area contributed by atoms with Gasteiger partial charge in [-0.15, -0.1) is 0 Å². The molecule has 0 saturated carbocycles. The SMILES string of the molecule is O=C1CC[C@H](Nc2ccc(C3CCN(C[C@@H]4COC5(CCN(c6ccc([C@H]7c8ccc(O)cc8CC[C@H]7c7ccccc7)cc6)CC5)C4)CC3)c(F)c2)C(=O)N1. The molecule has 4 aromatic carbocycles. The molecular weight excluding hydrogens is 704 g/mol. The van der Waals surface area contributed by atoms with Crippen LogP contribution in [0.3, 0.4) is 0 Å². The highest BCUT2D eigenvalue weighted by Crippen LogP contribution is 2.47. The lowest BCUT2D eigenvalue weighted by molar-refractivity contribution is -0.133. The predicted octanol–water partition coefficient (Wildman–Crippen LogP) is 7.87. The quantitative estimate of drug-likeness (QED) is 0.158. The largest absolute Gasteiger partial charge is 0.508 e. The van der Waals surface area contributed by atoms with Gasteiger partial charge < -0.3 is 25.0 Å². The molecule has 0 radical (unpaired) electrons. The Labute approximate surface area is 329 Å². The van der Waals surface area contributed by atoms with Crippen molar-refractivity contribution < 1.29 is 23.8 Å². The van der Waals surface area contributed by atoms with Gasteiger partial charge in [0.25, 0.3) is 0 Å². The molecule has 9 rings (SSSR count). The van der Waals surface area contributed by atoms with Crippen LogP contribution in [0, 0.1) is 11.7 Å². The van der Waals surface area contributed by atoms with Crippen molar-refractivity contribution in [3.63, 3.8) is 0 Å². The first-order valence-corrected chi connectivity index (χ1v) is 20.8. The van der Waals surface area contributed by atoms with Crippen molar-refractivity contribution in [3.05, 3.63) is 125 Å². The van der Waals surface area contributed by atoms with Gasteiger partial charge in [-0.25, -0.2) is 4.39 Å². The molecule has 0 unspecified atom stereocenters. The Morgan fingerprint density at radius 2 is 1.59 bits per heavy atom. The monoisotopic (exact) mass is 756 g/mol. The number of halogens is 1. The minimum Gasteiger partial charge on any atom is -0.508 e. The zero-order valence-corrected chi connectivity index (χ0v) is 32.1. The Balaban J connectivity index is 0.766. The number of phenolic OH excluding ortho intramolecular Hbond substituents is 1. The van der Waals surface area contributed by atoms with E-state index in [4.69, 9.17) is 4.74 Å². The van der Waals surface area contributed by atoms with Gasteiger partial charge in [-0.2, -0.15) is 0 Å². The van der Waals surface area contributed by atoms with E-state index in [9.17, 15) is 14.7 Å². The van der Waals surface area contributed by atoms with Gasteiger partial charge in [0.2, 0.25) is 11.8 Å². The zero-order valence-electron chi connectivity index (χ0n) is 32.1. The average Bonchev–Trinajstić information content (AvgIpc) is 3.60. The number of benzene rings is 4. The van der Waals surface area contributed by atoms with Gasteiger partial charge in [-0.3, -0.25) is 14.9 Å². The molecule has 4 aliphatic heterocycles. The predicted molar refractivity (Wildman–Crippen MR) is 217 cm³/mol. The topological polar surface area (TPSA) is 94.1 Å². The number of ether oxygens (including phenoxy) is 1. The summed E-state index contributed by atoms with van der Waals surface area (Å²) in [5, 5.41) is 15.7. The number of piperidine rings is 3. The Kier molecular flexibility index (Phi) is 10.3. The molecule has 0 bridgehead atoms. The van der Waals surface area contributed by atoms with Crippen molar-refractivity contribution in [2.45, 2.75) is 87.2 Å². The van der Waals surface area contributed by atoms with Gasteiger partial charge in [0.05, 0.1) is 12.2 Å². The van der Waals surface area contributed by atoms with Gasteiger partial charge in [-0.05, 0) is 146 Å². The van der Waals surface area contributed by atoms with Crippen LogP contribution >= 0.6 is 0 Å². The molecule has 1 aliphatic carbocycles. The second kappa shape index (κ2) is 15.7. The van der Waals surface area contributed by atoms with Crippen molar-refractivity contribution in [1.29, 1.82) is 0 Å². The summed E-state index contributed by atoms with van der Waals surface area (Å²) in [4.78, 5) is 28.7. The summed E-state index contributed by atoms with van der Waals surface area (Å²) >= 11 is 0. The van der Waals surface area contributed by atoms with Gasteiger partial charge in [-0.1, -0.05) is 54.6 Å². The summed E-state index contributed by atoms with van der Waals surface area (Å²) in [6.45, 7) is 5.73. The number of nitrogens with one attached hydrogen (secondary N) is 2. The molecule has 8 nitrogen and oxygen atoms in total. The van der Waals surface area contributed by atoms with Crippen molar-refractivity contribution >= 4 is 23.2 Å². The fourth-order valence-corrected chi connectivity index (χ4v) is 10.5. The molecule has 2 amide bonds. The van der Waals surface area contributed by atoms with Crippen LogP contribution in [-0.4, -0.2) is 72.8 Å². The number of phenols is 1. The number of fused-ring (bicyclic) bond motifs is 1. The molecule has 292 valence electrons. The minimum atomic E-state index is -0.525. The van der Waals surface area contributed by atoms with E-state index in [2.05, 4.69) is 81.1 Å². The van der Waals surface area contributed by atoms with Crippen LogP contribution in [0.4, 0.5) is 15.8 Å². The molecule has 4 aromatic rings. The highest BCUT2D eigenvalue weighted by molar-refractivity contribution is 6.01. The molecule has 4 fully saturated rings. The third-order valence-corrected chi connectivity index (χ3v) is 13.5. The smallest absolute Gasteiger partial charge is 0.249 e. The van der Waals surface area contributed by atoms with Crippen LogP contribution in [-0.2, 0) is 20.7 Å². The van der Waals surface area contributed by atoms with E-state index in [-0.39, 0.29) is 41.5 Å². The molecule has 4 heterocycles. The third-order valence-electron chi connectivity index (χ3n) is 13.5. The summed E-state index contributed by atoms with van der Waals surface area (Å²) in [6, 6.07) is 30.8. The minimum absolute atomic E-state index is 0.0353. The fraction of sp³-hybridized carbons (Fsp3) is 0.447. The van der Waals surface area contributed by atoms with Crippen LogP contribution < -0.4 is 15.5 Å². The molecule has 3 N–H and O–H groups in total. The molecule has 56 heavy (non-hydrogen) atoms. The standard InChI is InChI=1S/C47H53FN4O4/c48-42-27-36(49-43-16-17-44(54)50-46(43)55)9-14-39(42)33-18-22-51(23-19-33)29-31-28-47(56-30-31)20-24-52(25-21-47)37-10-6-34(7-11-37)45-40(32-4-2-1-3-5-32)13-8-35-26-38(53)12-15-41(35)45/h1-7,9-12,14-15,26-27,31,33,40,43,45,49,53H,8,13,16-25,28-30H2,(H,50,54,55)/t31-,40+,43+,45-/m1/s1. The second-order valence-electron chi connectivity index (χ2n) is 17.0. The van der Waals surface area contributed by atoms with E-state index in [1.807, 2.05) is 24.3 Å². The second-order valence-corrected chi connectivity index (χ2v) is 17.0. The van der Waals surface area contributed by atoms with E-state index in [1.165, 1.54) is 34.0 Å². The number of nitrogens with zero attached hydrogens (tertiary/aromatic N) is 2. The number of likely N-dealkylation sites (tertiary alicyclic amines) is 1. The number of rotatable bonds is 8. The highest BCUT2D eigenvalue weighted by Gasteiger charge is 2.43. The van der Waals surface area contributed by atoms with Crippen LogP contribution in [0.1, 0.15) is 96.9 Å². The molecule has 0 aromatic heterocycles. The summed E-state index contributed by atoms with van der Waals surface area (Å²) in [5.74, 6) is 0.837. The highest BCUT2D eigenvalue weighted by atomic mass is 19.1. The van der Waals surface area contributed by atoms with E-state index in [0.717, 1.165) is 89.8 Å². The number of hydrogen-bond donors (Lipinski definition) is 3. The van der Waals surface area contributed by atoms with Crippen molar-refractivity contribution in [2.75, 3.05) is 49.5 Å². The van der Waals surface area contributed by atoms with Gasteiger partial charge in [0.15, 0.2) is 0 Å². The lowest BCUT2D eigenvalue weighted by Crippen LogP contribution is -2.47. The molecule has 4 saturated heterocycles. The van der Waals surface area contributed by atoms with Crippen molar-refractivity contribution in [3.8, 4) is 5.75 Å². The first kappa shape index (κ1) is 36.9. The number of amides is 2. The number of anilines is 2. The van der Waals surface area contributed by atoms with Gasteiger partial charge in [0.1, 0.15) is 17.6 Å². The maximum atomic E-state index is 15.3. The third kappa shape index (κ3) is 7.68. The van der Waals surface area contributed by atoms with Crippen molar-refractivity contribution in [1.82, 2.24) is 10.2 Å². The average molecular weight is 757 g/mol. The molecule has 9 heteroatoms. The summed E-state index contributed by atoms with van der Waals surface area (Å²) < 4.78 is 21.9. The molecule has 4 atom stereocenters. The van der Waals surface area contributed by atoms with Crippen LogP contribution in [0.2, 0.25) is 0 Å². The fourth-order valence-electron chi connectivity index (χ4n) is 10.5. The number of aryl methyl sites for hydroxylation is 1.